The summed E-state index contributed by atoms with van der Waals surface area (Å²) in [7, 11) is 0. The lowest BCUT2D eigenvalue weighted by Gasteiger charge is -2.17. The van der Waals surface area contributed by atoms with Gasteiger partial charge in [-0.2, -0.15) is 0 Å². The molecule has 0 spiro atoms. The van der Waals surface area contributed by atoms with Crippen molar-refractivity contribution in [3.8, 4) is 0 Å². The Morgan fingerprint density at radius 2 is 1.86 bits per heavy atom. The van der Waals surface area contributed by atoms with E-state index in [-0.39, 0.29) is 0 Å². The second-order valence-electron chi connectivity index (χ2n) is 4.98. The van der Waals surface area contributed by atoms with Crippen LogP contribution in [0.5, 0.6) is 0 Å². The molecule has 0 aromatic heterocycles. The van der Waals surface area contributed by atoms with E-state index in [1.807, 2.05) is 0 Å². The number of rotatable bonds is 5. The van der Waals surface area contributed by atoms with Gasteiger partial charge >= 0.3 is 0 Å². The van der Waals surface area contributed by atoms with Gasteiger partial charge in [0, 0.05) is 32.2 Å². The summed E-state index contributed by atoms with van der Waals surface area (Å²) in [6.45, 7) is 14.2. The normalized spacial score (nSPS) is 30.9. The first-order valence-corrected chi connectivity index (χ1v) is 6.09. The maximum absolute atomic E-state index is 3.55. The quantitative estimate of drug-likeness (QED) is 0.726. The zero-order valence-corrected chi connectivity index (χ0v) is 10.2. The van der Waals surface area contributed by atoms with Crippen molar-refractivity contribution in [2.24, 2.45) is 11.8 Å². The van der Waals surface area contributed by atoms with E-state index >= 15 is 0 Å². The summed E-state index contributed by atoms with van der Waals surface area (Å²) in [6, 6.07) is 0.674. The van der Waals surface area contributed by atoms with Gasteiger partial charge in [0.05, 0.1) is 0 Å². The highest BCUT2D eigenvalue weighted by molar-refractivity contribution is 4.78. The van der Waals surface area contributed by atoms with Crippen LogP contribution in [-0.2, 0) is 0 Å². The van der Waals surface area contributed by atoms with E-state index in [1.54, 1.807) is 0 Å². The molecule has 1 heterocycles. The fourth-order valence-corrected chi connectivity index (χ4v) is 2.04. The van der Waals surface area contributed by atoms with Crippen LogP contribution in [0.15, 0.2) is 0 Å². The summed E-state index contributed by atoms with van der Waals surface area (Å²) >= 11 is 0. The van der Waals surface area contributed by atoms with Gasteiger partial charge in [0.1, 0.15) is 0 Å². The van der Waals surface area contributed by atoms with Gasteiger partial charge in [0.2, 0.25) is 0 Å². The van der Waals surface area contributed by atoms with Crippen LogP contribution in [0.1, 0.15) is 34.1 Å². The van der Waals surface area contributed by atoms with Gasteiger partial charge in [-0.3, -0.25) is 0 Å². The molecular weight excluding hydrogens is 172 g/mol. The predicted molar refractivity (Wildman–Crippen MR) is 62.5 cm³/mol. The zero-order valence-electron chi connectivity index (χ0n) is 10.2. The van der Waals surface area contributed by atoms with Crippen molar-refractivity contribution in [3.63, 3.8) is 0 Å². The van der Waals surface area contributed by atoms with Gasteiger partial charge in [0.25, 0.3) is 0 Å². The Bertz CT molecular complexity index is 148. The number of hydrogen-bond donors (Lipinski definition) is 1. The third-order valence-electron chi connectivity index (χ3n) is 3.60. The molecule has 1 aliphatic heterocycles. The van der Waals surface area contributed by atoms with Crippen molar-refractivity contribution in [2.75, 3.05) is 26.2 Å². The summed E-state index contributed by atoms with van der Waals surface area (Å²) in [5, 5.41) is 3.55. The predicted octanol–water partition coefficient (Wildman–Crippen LogP) is 1.96. The second-order valence-corrected chi connectivity index (χ2v) is 4.98. The van der Waals surface area contributed by atoms with Gasteiger partial charge in [-0.15, -0.1) is 0 Å². The summed E-state index contributed by atoms with van der Waals surface area (Å²) in [4.78, 5) is 2.59. The van der Waals surface area contributed by atoms with Gasteiger partial charge in [0.15, 0.2) is 0 Å². The molecule has 0 bridgehead atoms. The minimum Gasteiger partial charge on any atom is -0.313 e. The van der Waals surface area contributed by atoms with Gasteiger partial charge in [-0.25, -0.2) is 0 Å². The highest BCUT2D eigenvalue weighted by Gasteiger charge is 2.25. The van der Waals surface area contributed by atoms with E-state index in [9.17, 15) is 0 Å². The molecule has 2 heteroatoms. The van der Waals surface area contributed by atoms with Crippen molar-refractivity contribution >= 4 is 0 Å². The first-order valence-electron chi connectivity index (χ1n) is 6.09. The molecule has 1 aliphatic rings. The van der Waals surface area contributed by atoms with Crippen LogP contribution in [-0.4, -0.2) is 37.1 Å². The molecule has 1 N–H and O–H groups in total. The fraction of sp³-hybridized carbons (Fsp3) is 1.00. The second kappa shape index (κ2) is 5.72. The smallest absolute Gasteiger partial charge is 0.0107 e. The van der Waals surface area contributed by atoms with Crippen LogP contribution >= 0.6 is 0 Å². The fourth-order valence-electron chi connectivity index (χ4n) is 2.04. The zero-order chi connectivity index (χ0) is 10.6. The average molecular weight is 198 g/mol. The molecule has 1 fully saturated rings. The van der Waals surface area contributed by atoms with Crippen molar-refractivity contribution < 1.29 is 0 Å². The average Bonchev–Trinajstić information content (AvgIpc) is 2.46. The first kappa shape index (κ1) is 12.0. The molecule has 2 nitrogen and oxygen atoms in total. The number of nitrogens with zero attached hydrogens (tertiary/aromatic N) is 1. The summed E-state index contributed by atoms with van der Waals surface area (Å²) < 4.78 is 0. The lowest BCUT2D eigenvalue weighted by atomic mass is 10.0. The van der Waals surface area contributed by atoms with Gasteiger partial charge in [-0.1, -0.05) is 20.8 Å². The van der Waals surface area contributed by atoms with E-state index in [4.69, 9.17) is 0 Å². The Morgan fingerprint density at radius 1 is 1.29 bits per heavy atom. The number of hydrogen-bond acceptors (Lipinski definition) is 2. The maximum Gasteiger partial charge on any atom is 0.0107 e. The topological polar surface area (TPSA) is 15.3 Å². The third-order valence-corrected chi connectivity index (χ3v) is 3.60. The molecule has 3 unspecified atom stereocenters. The molecule has 1 saturated heterocycles. The van der Waals surface area contributed by atoms with Crippen LogP contribution in [0.3, 0.4) is 0 Å². The molecule has 0 aromatic rings. The summed E-state index contributed by atoms with van der Waals surface area (Å²) in [6.07, 6.45) is 1.23. The highest BCUT2D eigenvalue weighted by Crippen LogP contribution is 2.21. The summed E-state index contributed by atoms with van der Waals surface area (Å²) in [5.41, 5.74) is 0. The Morgan fingerprint density at radius 3 is 2.36 bits per heavy atom. The van der Waals surface area contributed by atoms with Gasteiger partial charge in [-0.05, 0) is 25.2 Å². The van der Waals surface area contributed by atoms with Gasteiger partial charge < -0.3 is 10.2 Å². The van der Waals surface area contributed by atoms with Crippen molar-refractivity contribution in [1.29, 1.82) is 0 Å². The lowest BCUT2D eigenvalue weighted by molar-refractivity contribution is 0.315. The number of likely N-dealkylation sites (tertiary alicyclic amines) is 1. The summed E-state index contributed by atoms with van der Waals surface area (Å²) in [5.74, 6) is 1.78. The van der Waals surface area contributed by atoms with Crippen molar-refractivity contribution in [3.05, 3.63) is 0 Å². The third kappa shape index (κ3) is 3.58. The van der Waals surface area contributed by atoms with E-state index in [0.717, 1.165) is 18.4 Å². The minimum atomic E-state index is 0.674. The Balaban J connectivity index is 2.08. The monoisotopic (exact) mass is 198 g/mol. The van der Waals surface area contributed by atoms with E-state index in [2.05, 4.69) is 37.9 Å². The molecule has 1 rings (SSSR count). The van der Waals surface area contributed by atoms with Crippen LogP contribution < -0.4 is 5.32 Å². The molecule has 3 atom stereocenters. The van der Waals surface area contributed by atoms with E-state index < -0.39 is 0 Å². The first-order chi connectivity index (χ1) is 6.63. The Labute approximate surface area is 89.1 Å². The van der Waals surface area contributed by atoms with Crippen LogP contribution in [0.4, 0.5) is 0 Å². The molecule has 0 amide bonds. The van der Waals surface area contributed by atoms with Crippen molar-refractivity contribution in [1.82, 2.24) is 10.2 Å². The Kier molecular flexibility index (Phi) is 4.90. The van der Waals surface area contributed by atoms with Crippen LogP contribution in [0.25, 0.3) is 0 Å². The van der Waals surface area contributed by atoms with Crippen LogP contribution in [0.2, 0.25) is 0 Å². The Hall–Kier alpha value is -0.0800. The standard InChI is InChI=1S/C12H26N2/c1-5-12(4)13-6-7-14-8-10(2)11(3)9-14/h10-13H,5-9H2,1-4H3. The molecular formula is C12H26N2. The highest BCUT2D eigenvalue weighted by atomic mass is 15.2. The lowest BCUT2D eigenvalue weighted by Crippen LogP contribution is -2.34. The van der Waals surface area contributed by atoms with E-state index in [1.165, 1.54) is 26.1 Å². The molecule has 0 aromatic carbocycles. The maximum atomic E-state index is 3.55. The molecule has 14 heavy (non-hydrogen) atoms. The molecule has 84 valence electrons. The van der Waals surface area contributed by atoms with Crippen molar-refractivity contribution in [2.45, 2.75) is 40.2 Å². The number of nitrogens with one attached hydrogen (secondary N) is 1. The van der Waals surface area contributed by atoms with E-state index in [0.29, 0.717) is 6.04 Å². The molecule has 0 saturated carbocycles. The largest absolute Gasteiger partial charge is 0.313 e. The molecule has 0 aliphatic carbocycles. The minimum absolute atomic E-state index is 0.674. The van der Waals surface area contributed by atoms with Crippen LogP contribution in [0, 0.1) is 11.8 Å². The molecule has 0 radical (unpaired) electrons. The SMILES string of the molecule is CCC(C)NCCN1CC(C)C(C)C1.